The van der Waals surface area contributed by atoms with Gasteiger partial charge in [0.2, 0.25) is 5.69 Å². The van der Waals surface area contributed by atoms with Crippen LogP contribution in [0.15, 0.2) is 73.1 Å². The number of benzene rings is 2. The summed E-state index contributed by atoms with van der Waals surface area (Å²) in [6, 6.07) is 18.3. The summed E-state index contributed by atoms with van der Waals surface area (Å²) in [5.74, 6) is -0.435. The van der Waals surface area contributed by atoms with Gasteiger partial charge in [0.1, 0.15) is 5.82 Å². The van der Waals surface area contributed by atoms with Gasteiger partial charge in [0.15, 0.2) is 12.4 Å². The van der Waals surface area contributed by atoms with Crippen molar-refractivity contribution in [2.75, 3.05) is 18.5 Å². The lowest BCUT2D eigenvalue weighted by molar-refractivity contribution is -0.118. The molecule has 2 aromatic carbocycles. The molecule has 9 nitrogen and oxygen atoms in total. The first-order valence-corrected chi connectivity index (χ1v) is 10.9. The highest BCUT2D eigenvalue weighted by atomic mass is 35.5. The third-order valence-corrected chi connectivity index (χ3v) is 5.16. The van der Waals surface area contributed by atoms with Crippen molar-refractivity contribution in [2.45, 2.75) is 13.5 Å². The van der Waals surface area contributed by atoms with Crippen molar-refractivity contribution in [1.29, 1.82) is 0 Å². The van der Waals surface area contributed by atoms with Crippen LogP contribution in [0.4, 0.5) is 5.82 Å². The second-order valence-electron chi connectivity index (χ2n) is 7.14. The van der Waals surface area contributed by atoms with E-state index in [0.29, 0.717) is 17.4 Å². The van der Waals surface area contributed by atoms with Gasteiger partial charge in [0.05, 0.1) is 31.2 Å². The number of hydrogen-bond donors (Lipinski definition) is 1. The van der Waals surface area contributed by atoms with Gasteiger partial charge in [-0.25, -0.2) is 14.2 Å². The molecule has 0 spiro atoms. The fourth-order valence-electron chi connectivity index (χ4n) is 3.19. The van der Waals surface area contributed by atoms with Crippen LogP contribution in [0.3, 0.4) is 0 Å². The highest BCUT2D eigenvalue weighted by molar-refractivity contribution is 6.31. The Morgan fingerprint density at radius 1 is 1.06 bits per heavy atom. The number of aromatic nitrogens is 4. The summed E-state index contributed by atoms with van der Waals surface area (Å²) in [6.07, 6.45) is 3.12. The van der Waals surface area contributed by atoms with E-state index in [4.69, 9.17) is 21.1 Å². The predicted octanol–water partition coefficient (Wildman–Crippen LogP) is 3.96. The molecule has 2 heterocycles. The molecule has 0 bridgehead atoms. The Hall–Kier alpha value is -4.11. The minimum absolute atomic E-state index is 0.0118. The SMILES string of the molecule is CCOC(=O)c1nn(-c2ccccc2)cc1OCC(=O)Nc1ccnn1Cc1ccccc1Cl. The van der Waals surface area contributed by atoms with Crippen LogP contribution in [-0.4, -0.2) is 44.7 Å². The van der Waals surface area contributed by atoms with E-state index in [1.165, 1.54) is 10.9 Å². The van der Waals surface area contributed by atoms with Gasteiger partial charge in [-0.15, -0.1) is 0 Å². The van der Waals surface area contributed by atoms with Crippen LogP contribution in [0, 0.1) is 0 Å². The van der Waals surface area contributed by atoms with Gasteiger partial charge in [-0.05, 0) is 30.7 Å². The molecule has 1 amide bonds. The van der Waals surface area contributed by atoms with Gasteiger partial charge < -0.3 is 14.8 Å². The Labute approximate surface area is 200 Å². The standard InChI is InChI=1S/C24H22ClN5O4/c1-2-33-24(32)23-20(15-29(28-23)18-9-4-3-5-10-18)34-16-22(31)27-21-12-13-26-30(21)14-17-8-6-7-11-19(17)25/h3-13,15H,2,14,16H2,1H3,(H,27,31). The Bertz CT molecular complexity index is 1290. The second-order valence-corrected chi connectivity index (χ2v) is 7.55. The molecule has 174 valence electrons. The average molecular weight is 480 g/mol. The molecule has 34 heavy (non-hydrogen) atoms. The van der Waals surface area contributed by atoms with Gasteiger partial charge in [0, 0.05) is 11.1 Å². The zero-order chi connectivity index (χ0) is 23.9. The zero-order valence-electron chi connectivity index (χ0n) is 18.3. The van der Waals surface area contributed by atoms with Crippen LogP contribution >= 0.6 is 11.6 Å². The highest BCUT2D eigenvalue weighted by Gasteiger charge is 2.21. The molecule has 0 unspecified atom stereocenters. The molecule has 0 aliphatic heterocycles. The third kappa shape index (κ3) is 5.44. The van der Waals surface area contributed by atoms with Crippen LogP contribution in [-0.2, 0) is 16.1 Å². The summed E-state index contributed by atoms with van der Waals surface area (Å²) >= 11 is 6.23. The number of nitrogens with one attached hydrogen (secondary N) is 1. The molecular formula is C24H22ClN5O4. The first-order valence-electron chi connectivity index (χ1n) is 10.5. The van der Waals surface area contributed by atoms with E-state index in [-0.39, 0.29) is 24.7 Å². The maximum Gasteiger partial charge on any atom is 0.362 e. The summed E-state index contributed by atoms with van der Waals surface area (Å²) in [5.41, 5.74) is 1.59. The molecule has 0 saturated heterocycles. The molecule has 0 radical (unpaired) electrons. The van der Waals surface area contributed by atoms with Gasteiger partial charge in [-0.1, -0.05) is 48.0 Å². The number of rotatable bonds is 9. The van der Waals surface area contributed by atoms with Crippen molar-refractivity contribution in [2.24, 2.45) is 0 Å². The smallest absolute Gasteiger partial charge is 0.362 e. The Morgan fingerprint density at radius 2 is 1.82 bits per heavy atom. The minimum atomic E-state index is -0.634. The third-order valence-electron chi connectivity index (χ3n) is 4.79. The fourth-order valence-corrected chi connectivity index (χ4v) is 3.39. The van der Waals surface area contributed by atoms with E-state index in [2.05, 4.69) is 15.5 Å². The van der Waals surface area contributed by atoms with E-state index < -0.39 is 11.9 Å². The van der Waals surface area contributed by atoms with Crippen LogP contribution < -0.4 is 10.1 Å². The minimum Gasteiger partial charge on any atom is -0.480 e. The largest absolute Gasteiger partial charge is 0.480 e. The number of carbonyl (C=O) groups excluding carboxylic acids is 2. The first-order chi connectivity index (χ1) is 16.5. The van der Waals surface area contributed by atoms with E-state index >= 15 is 0 Å². The van der Waals surface area contributed by atoms with Crippen LogP contribution in [0.25, 0.3) is 5.69 Å². The maximum atomic E-state index is 12.6. The first kappa shape index (κ1) is 23.1. The monoisotopic (exact) mass is 479 g/mol. The van der Waals surface area contributed by atoms with Gasteiger partial charge in [0.25, 0.3) is 5.91 Å². The number of esters is 1. The lowest BCUT2D eigenvalue weighted by Gasteiger charge is -2.10. The molecule has 2 aromatic heterocycles. The number of halogens is 1. The molecule has 4 rings (SSSR count). The van der Waals surface area contributed by atoms with E-state index in [1.807, 2.05) is 48.5 Å². The number of ether oxygens (including phenoxy) is 2. The Balaban J connectivity index is 1.45. The van der Waals surface area contributed by atoms with Gasteiger partial charge in [-0.2, -0.15) is 10.2 Å². The average Bonchev–Trinajstić information content (AvgIpc) is 3.47. The summed E-state index contributed by atoms with van der Waals surface area (Å²) in [4.78, 5) is 24.9. The lowest BCUT2D eigenvalue weighted by Crippen LogP contribution is -2.23. The van der Waals surface area contributed by atoms with Crippen molar-refractivity contribution in [3.05, 3.63) is 89.3 Å². The number of carbonyl (C=O) groups is 2. The van der Waals surface area contributed by atoms with Crippen molar-refractivity contribution in [3.8, 4) is 11.4 Å². The topological polar surface area (TPSA) is 100 Å². The summed E-state index contributed by atoms with van der Waals surface area (Å²) in [6.45, 7) is 1.93. The molecule has 0 aliphatic rings. The van der Waals surface area contributed by atoms with E-state index in [1.54, 1.807) is 29.9 Å². The summed E-state index contributed by atoms with van der Waals surface area (Å²) in [5, 5.41) is 11.9. The Kier molecular flexibility index (Phi) is 7.24. The number of nitrogens with zero attached hydrogens (tertiary/aromatic N) is 4. The van der Waals surface area contributed by atoms with Crippen LogP contribution in [0.5, 0.6) is 5.75 Å². The van der Waals surface area contributed by atoms with E-state index in [9.17, 15) is 9.59 Å². The molecule has 0 atom stereocenters. The van der Waals surface area contributed by atoms with Crippen molar-refractivity contribution in [1.82, 2.24) is 19.6 Å². The van der Waals surface area contributed by atoms with Gasteiger partial charge >= 0.3 is 5.97 Å². The predicted molar refractivity (Wildman–Crippen MR) is 126 cm³/mol. The molecule has 0 aliphatic carbocycles. The zero-order valence-corrected chi connectivity index (χ0v) is 19.1. The van der Waals surface area contributed by atoms with E-state index in [0.717, 1.165) is 11.3 Å². The summed E-state index contributed by atoms with van der Waals surface area (Å²) in [7, 11) is 0. The number of anilines is 1. The number of para-hydroxylation sites is 1. The summed E-state index contributed by atoms with van der Waals surface area (Å²) < 4.78 is 13.8. The molecule has 1 N–H and O–H groups in total. The quantitative estimate of drug-likeness (QED) is 0.365. The second kappa shape index (κ2) is 10.7. The Morgan fingerprint density at radius 3 is 2.59 bits per heavy atom. The van der Waals surface area contributed by atoms with Crippen molar-refractivity contribution < 1.29 is 19.1 Å². The molecular weight excluding hydrogens is 458 g/mol. The molecule has 0 fully saturated rings. The molecule has 0 saturated carbocycles. The van der Waals surface area contributed by atoms with Crippen molar-refractivity contribution >= 4 is 29.3 Å². The highest BCUT2D eigenvalue weighted by Crippen LogP contribution is 2.22. The fraction of sp³-hybridized carbons (Fsp3) is 0.167. The number of amides is 1. The molecule has 10 heteroatoms. The van der Waals surface area contributed by atoms with Crippen molar-refractivity contribution in [3.63, 3.8) is 0 Å². The lowest BCUT2D eigenvalue weighted by atomic mass is 10.2. The molecule has 4 aromatic rings. The van der Waals surface area contributed by atoms with Crippen LogP contribution in [0.1, 0.15) is 23.0 Å². The van der Waals surface area contributed by atoms with Gasteiger partial charge in [-0.3, -0.25) is 4.79 Å². The normalized spacial score (nSPS) is 10.6. The maximum absolute atomic E-state index is 12.6. The number of hydrogen-bond acceptors (Lipinski definition) is 6. The van der Waals surface area contributed by atoms with Crippen LogP contribution in [0.2, 0.25) is 5.02 Å².